The average molecular weight is 337 g/mol. The molecule has 0 saturated carbocycles. The molecule has 0 aromatic carbocycles. The van der Waals surface area contributed by atoms with E-state index in [4.69, 9.17) is 0 Å². The van der Waals surface area contributed by atoms with Crippen LogP contribution >= 0.6 is 0 Å². The maximum absolute atomic E-state index is 12.8. The Morgan fingerprint density at radius 1 is 1.36 bits per heavy atom. The first-order valence-electron chi connectivity index (χ1n) is 8.36. The molecule has 1 aliphatic heterocycles. The minimum atomic E-state index is -0.100. The quantitative estimate of drug-likeness (QED) is 0.775. The number of likely N-dealkylation sites (tertiary alicyclic amines) is 1. The first kappa shape index (κ1) is 15.6. The number of nitrogens with one attached hydrogen (secondary N) is 1. The largest absolute Gasteiger partial charge is 0.330 e. The second-order valence-corrected chi connectivity index (χ2v) is 6.43. The van der Waals surface area contributed by atoms with E-state index < -0.39 is 0 Å². The van der Waals surface area contributed by atoms with E-state index in [1.807, 2.05) is 17.9 Å². The zero-order chi connectivity index (χ0) is 17.6. The fourth-order valence-electron chi connectivity index (χ4n) is 3.40. The van der Waals surface area contributed by atoms with Crippen LogP contribution in [0.5, 0.6) is 0 Å². The fourth-order valence-corrected chi connectivity index (χ4v) is 3.40. The summed E-state index contributed by atoms with van der Waals surface area (Å²) in [4.78, 5) is 35.6. The highest BCUT2D eigenvalue weighted by Crippen LogP contribution is 2.32. The van der Waals surface area contributed by atoms with Crippen LogP contribution < -0.4 is 5.56 Å². The minimum absolute atomic E-state index is 0.0399. The van der Waals surface area contributed by atoms with Gasteiger partial charge in [0, 0.05) is 36.3 Å². The molecule has 1 fully saturated rings. The molecule has 25 heavy (non-hydrogen) atoms. The van der Waals surface area contributed by atoms with Crippen molar-refractivity contribution in [3.8, 4) is 0 Å². The SMILES string of the molecule is Cc1nc2cc([C@@H]3CCCN3C(=O)c3cccnc3)[nH]n2c(=O)c1C. The van der Waals surface area contributed by atoms with Crippen molar-refractivity contribution >= 4 is 11.6 Å². The molecule has 7 nitrogen and oxygen atoms in total. The number of pyridine rings is 1. The summed E-state index contributed by atoms with van der Waals surface area (Å²) in [6.07, 6.45) is 5.01. The maximum Gasteiger partial charge on any atom is 0.275 e. The van der Waals surface area contributed by atoms with Gasteiger partial charge in [-0.3, -0.25) is 19.7 Å². The number of amides is 1. The smallest absolute Gasteiger partial charge is 0.275 e. The molecule has 0 aliphatic carbocycles. The standard InChI is InChI=1S/C18H19N5O2/c1-11-12(2)20-16-9-14(21-23(16)17(11)24)15-6-4-8-22(15)18(25)13-5-3-7-19-10-13/h3,5,7,9-10,15,21H,4,6,8H2,1-2H3/t15-/m0/s1. The topological polar surface area (TPSA) is 83.4 Å². The van der Waals surface area contributed by atoms with Crippen LogP contribution in [-0.2, 0) is 0 Å². The predicted octanol–water partition coefficient (Wildman–Crippen LogP) is 2.01. The molecule has 7 heteroatoms. The van der Waals surface area contributed by atoms with Crippen molar-refractivity contribution in [1.82, 2.24) is 24.5 Å². The van der Waals surface area contributed by atoms with Crippen molar-refractivity contribution in [3.63, 3.8) is 0 Å². The molecule has 0 bridgehead atoms. The predicted molar refractivity (Wildman–Crippen MR) is 92.5 cm³/mol. The van der Waals surface area contributed by atoms with E-state index in [1.165, 1.54) is 4.52 Å². The molecule has 0 spiro atoms. The first-order valence-corrected chi connectivity index (χ1v) is 8.36. The van der Waals surface area contributed by atoms with Crippen LogP contribution in [0.3, 0.4) is 0 Å². The van der Waals surface area contributed by atoms with Crippen LogP contribution in [0.2, 0.25) is 0 Å². The molecule has 1 N–H and O–H groups in total. The summed E-state index contributed by atoms with van der Waals surface area (Å²) in [6.45, 7) is 4.29. The summed E-state index contributed by atoms with van der Waals surface area (Å²) in [5, 5.41) is 3.14. The minimum Gasteiger partial charge on any atom is -0.330 e. The van der Waals surface area contributed by atoms with Crippen molar-refractivity contribution in [2.24, 2.45) is 0 Å². The van der Waals surface area contributed by atoms with E-state index in [0.29, 0.717) is 23.3 Å². The molecule has 0 radical (unpaired) electrons. The molecule has 1 amide bonds. The molecular weight excluding hydrogens is 318 g/mol. The molecular formula is C18H19N5O2. The normalized spacial score (nSPS) is 17.4. The van der Waals surface area contributed by atoms with Gasteiger partial charge in [0.2, 0.25) is 0 Å². The van der Waals surface area contributed by atoms with Crippen molar-refractivity contribution < 1.29 is 4.79 Å². The van der Waals surface area contributed by atoms with Crippen LogP contribution in [0.15, 0.2) is 35.4 Å². The van der Waals surface area contributed by atoms with Gasteiger partial charge in [-0.2, -0.15) is 0 Å². The van der Waals surface area contributed by atoms with Crippen LogP contribution in [0.4, 0.5) is 0 Å². The summed E-state index contributed by atoms with van der Waals surface area (Å²) in [7, 11) is 0. The average Bonchev–Trinajstić information content (AvgIpc) is 3.26. The summed E-state index contributed by atoms with van der Waals surface area (Å²) in [5.41, 5.74) is 3.25. The van der Waals surface area contributed by atoms with Gasteiger partial charge < -0.3 is 4.90 Å². The third-order valence-electron chi connectivity index (χ3n) is 4.88. The number of nitrogens with zero attached hydrogens (tertiary/aromatic N) is 4. The third-order valence-corrected chi connectivity index (χ3v) is 4.88. The third kappa shape index (κ3) is 2.52. The molecule has 128 valence electrons. The number of carbonyl (C=O) groups excluding carboxylic acids is 1. The van der Waals surface area contributed by atoms with Crippen LogP contribution in [0.25, 0.3) is 5.65 Å². The number of aromatic amines is 1. The van der Waals surface area contributed by atoms with Crippen molar-refractivity contribution in [1.29, 1.82) is 0 Å². The van der Waals surface area contributed by atoms with E-state index >= 15 is 0 Å². The number of hydrogen-bond acceptors (Lipinski definition) is 4. The fraction of sp³-hybridized carbons (Fsp3) is 0.333. The zero-order valence-corrected chi connectivity index (χ0v) is 14.2. The molecule has 4 rings (SSSR count). The maximum atomic E-state index is 12.8. The number of aryl methyl sites for hydroxylation is 1. The highest BCUT2D eigenvalue weighted by atomic mass is 16.2. The van der Waals surface area contributed by atoms with Crippen molar-refractivity contribution in [3.05, 3.63) is 63.5 Å². The second-order valence-electron chi connectivity index (χ2n) is 6.43. The Morgan fingerprint density at radius 2 is 2.20 bits per heavy atom. The van der Waals surface area contributed by atoms with Gasteiger partial charge in [0.1, 0.15) is 0 Å². The highest BCUT2D eigenvalue weighted by molar-refractivity contribution is 5.94. The Morgan fingerprint density at radius 3 is 2.96 bits per heavy atom. The molecule has 1 saturated heterocycles. The van der Waals surface area contributed by atoms with E-state index in [9.17, 15) is 9.59 Å². The van der Waals surface area contributed by atoms with Gasteiger partial charge in [0.25, 0.3) is 11.5 Å². The van der Waals surface area contributed by atoms with Gasteiger partial charge in [-0.05, 0) is 38.8 Å². The first-order chi connectivity index (χ1) is 12.1. The summed E-state index contributed by atoms with van der Waals surface area (Å²) >= 11 is 0. The molecule has 1 aliphatic rings. The Balaban J connectivity index is 1.73. The molecule has 4 heterocycles. The number of H-pyrrole nitrogens is 1. The Labute approximate surface area is 144 Å². The van der Waals surface area contributed by atoms with Crippen LogP contribution in [-0.4, -0.2) is 36.9 Å². The molecule has 1 atom stereocenters. The lowest BCUT2D eigenvalue weighted by Gasteiger charge is -2.23. The summed E-state index contributed by atoms with van der Waals surface area (Å²) in [5.74, 6) is -0.0399. The lowest BCUT2D eigenvalue weighted by molar-refractivity contribution is 0.0732. The number of hydrogen-bond donors (Lipinski definition) is 1. The Kier molecular flexibility index (Phi) is 3.63. The number of rotatable bonds is 2. The second kappa shape index (κ2) is 5.84. The Bertz CT molecular complexity index is 1010. The molecule has 3 aromatic rings. The van der Waals surface area contributed by atoms with Crippen LogP contribution in [0, 0.1) is 13.8 Å². The van der Waals surface area contributed by atoms with E-state index in [0.717, 1.165) is 24.2 Å². The van der Waals surface area contributed by atoms with E-state index in [2.05, 4.69) is 15.1 Å². The van der Waals surface area contributed by atoms with Gasteiger partial charge in [-0.15, -0.1) is 0 Å². The number of carbonyl (C=O) groups is 1. The number of aromatic nitrogens is 4. The van der Waals surface area contributed by atoms with Gasteiger partial charge in [0.05, 0.1) is 17.3 Å². The molecule has 0 unspecified atom stereocenters. The van der Waals surface area contributed by atoms with E-state index in [1.54, 1.807) is 31.5 Å². The lowest BCUT2D eigenvalue weighted by Crippen LogP contribution is -2.31. The van der Waals surface area contributed by atoms with E-state index in [-0.39, 0.29) is 17.5 Å². The monoisotopic (exact) mass is 337 g/mol. The van der Waals surface area contributed by atoms with Crippen LogP contribution in [0.1, 0.15) is 46.2 Å². The van der Waals surface area contributed by atoms with Gasteiger partial charge in [0.15, 0.2) is 5.65 Å². The Hall–Kier alpha value is -2.96. The van der Waals surface area contributed by atoms with Gasteiger partial charge >= 0.3 is 0 Å². The zero-order valence-electron chi connectivity index (χ0n) is 14.2. The van der Waals surface area contributed by atoms with Crippen molar-refractivity contribution in [2.75, 3.05) is 6.54 Å². The van der Waals surface area contributed by atoms with Gasteiger partial charge in [-0.1, -0.05) is 0 Å². The van der Waals surface area contributed by atoms with Crippen molar-refractivity contribution in [2.45, 2.75) is 32.7 Å². The lowest BCUT2D eigenvalue weighted by atomic mass is 10.1. The summed E-state index contributed by atoms with van der Waals surface area (Å²) < 4.78 is 1.46. The number of fused-ring (bicyclic) bond motifs is 1. The summed E-state index contributed by atoms with van der Waals surface area (Å²) in [6, 6.07) is 5.31. The molecule has 3 aromatic heterocycles. The highest BCUT2D eigenvalue weighted by Gasteiger charge is 2.32. The van der Waals surface area contributed by atoms with Gasteiger partial charge in [-0.25, -0.2) is 9.50 Å².